The van der Waals surface area contributed by atoms with Gasteiger partial charge in [-0.2, -0.15) is 10.4 Å². The second-order valence-electron chi connectivity index (χ2n) is 3.71. The molecule has 6 heteroatoms. The third-order valence-electron chi connectivity index (χ3n) is 2.62. The molecule has 1 aromatic carbocycles. The molecule has 0 radical (unpaired) electrons. The summed E-state index contributed by atoms with van der Waals surface area (Å²) in [6.45, 7) is 0. The van der Waals surface area contributed by atoms with Crippen molar-refractivity contribution < 1.29 is 0 Å². The van der Waals surface area contributed by atoms with Crippen LogP contribution < -0.4 is 5.73 Å². The minimum atomic E-state index is 0.391. The van der Waals surface area contributed by atoms with E-state index in [-0.39, 0.29) is 0 Å². The van der Waals surface area contributed by atoms with Crippen molar-refractivity contribution in [2.45, 2.75) is 0 Å². The van der Waals surface area contributed by atoms with Gasteiger partial charge in [-0.05, 0) is 18.2 Å². The van der Waals surface area contributed by atoms with Gasteiger partial charge in [0, 0.05) is 0 Å². The molecule has 6 nitrogen and oxygen atoms in total. The molecule has 0 aliphatic carbocycles. The van der Waals surface area contributed by atoms with Crippen LogP contribution in [0.5, 0.6) is 0 Å². The van der Waals surface area contributed by atoms with E-state index in [1.807, 2.05) is 6.07 Å². The molecule has 0 saturated heterocycles. The van der Waals surface area contributed by atoms with Crippen molar-refractivity contribution in [1.82, 2.24) is 19.7 Å². The maximum atomic E-state index is 8.89. The van der Waals surface area contributed by atoms with Crippen LogP contribution in [0.4, 0.5) is 5.82 Å². The number of fused-ring (bicyclic) bond motifs is 1. The molecule has 3 aromatic rings. The molecule has 0 bridgehead atoms. The lowest BCUT2D eigenvalue weighted by atomic mass is 10.2. The number of nitrogens with two attached hydrogens (primary N) is 1. The predicted octanol–water partition coefficient (Wildman–Crippen LogP) is 1.27. The zero-order valence-corrected chi connectivity index (χ0v) is 9.28. The van der Waals surface area contributed by atoms with Crippen LogP contribution in [0.15, 0.2) is 36.8 Å². The largest absolute Gasteiger partial charge is 0.383 e. The lowest BCUT2D eigenvalue weighted by Crippen LogP contribution is -1.99. The number of nitrogens with zero attached hydrogens (tertiary/aromatic N) is 5. The van der Waals surface area contributed by atoms with Gasteiger partial charge in [0.1, 0.15) is 12.1 Å². The first-order chi connectivity index (χ1) is 8.79. The fourth-order valence-corrected chi connectivity index (χ4v) is 1.76. The Morgan fingerprint density at radius 1 is 1.28 bits per heavy atom. The van der Waals surface area contributed by atoms with Crippen LogP contribution in [0.2, 0.25) is 0 Å². The minimum absolute atomic E-state index is 0.391. The summed E-state index contributed by atoms with van der Waals surface area (Å²) in [6.07, 6.45) is 3.01. The summed E-state index contributed by atoms with van der Waals surface area (Å²) in [7, 11) is 0. The van der Waals surface area contributed by atoms with Crippen LogP contribution in [0, 0.1) is 11.3 Å². The van der Waals surface area contributed by atoms with Crippen LogP contribution in [0.25, 0.3) is 16.7 Å². The summed E-state index contributed by atoms with van der Waals surface area (Å²) in [4.78, 5) is 8.07. The molecule has 0 spiro atoms. The molecule has 18 heavy (non-hydrogen) atoms. The van der Waals surface area contributed by atoms with Gasteiger partial charge in [0.2, 0.25) is 0 Å². The van der Waals surface area contributed by atoms with E-state index < -0.39 is 0 Å². The van der Waals surface area contributed by atoms with Crippen molar-refractivity contribution in [3.05, 3.63) is 42.4 Å². The summed E-state index contributed by atoms with van der Waals surface area (Å²) in [5, 5.41) is 13.8. The highest BCUT2D eigenvalue weighted by Crippen LogP contribution is 2.19. The van der Waals surface area contributed by atoms with Crippen molar-refractivity contribution in [2.24, 2.45) is 0 Å². The van der Waals surface area contributed by atoms with Crippen molar-refractivity contribution >= 4 is 16.9 Å². The standard InChI is InChI=1S/C12H8N6/c13-5-8-2-1-3-9(4-8)18-12-10(6-17-18)11(14)15-7-16-12/h1-4,6-7H,(H2,14,15,16). The van der Waals surface area contributed by atoms with E-state index in [0.29, 0.717) is 22.4 Å². The maximum absolute atomic E-state index is 8.89. The normalized spacial score (nSPS) is 10.4. The summed E-state index contributed by atoms with van der Waals surface area (Å²) in [5.74, 6) is 0.391. The summed E-state index contributed by atoms with van der Waals surface area (Å²) >= 11 is 0. The lowest BCUT2D eigenvalue weighted by molar-refractivity contribution is 0.894. The van der Waals surface area contributed by atoms with Gasteiger partial charge in [-0.1, -0.05) is 6.07 Å². The van der Waals surface area contributed by atoms with Crippen LogP contribution in [0.1, 0.15) is 5.56 Å². The van der Waals surface area contributed by atoms with Crippen molar-refractivity contribution in [2.75, 3.05) is 5.73 Å². The number of anilines is 1. The molecule has 0 amide bonds. The van der Waals surface area contributed by atoms with E-state index in [1.165, 1.54) is 6.33 Å². The number of aromatic nitrogens is 4. The molecule has 2 heterocycles. The number of nitrogen functional groups attached to an aromatic ring is 1. The first-order valence-corrected chi connectivity index (χ1v) is 5.24. The molecule has 0 unspecified atom stereocenters. The summed E-state index contributed by atoms with van der Waals surface area (Å²) < 4.78 is 1.63. The zero-order chi connectivity index (χ0) is 12.5. The molecule has 0 fully saturated rings. The average Bonchev–Trinajstić information content (AvgIpc) is 2.84. The predicted molar refractivity (Wildman–Crippen MR) is 65.8 cm³/mol. The van der Waals surface area contributed by atoms with E-state index in [9.17, 15) is 0 Å². The molecular weight excluding hydrogens is 228 g/mol. The average molecular weight is 236 g/mol. The monoisotopic (exact) mass is 236 g/mol. The van der Waals surface area contributed by atoms with Crippen molar-refractivity contribution in [3.8, 4) is 11.8 Å². The molecule has 0 atom stereocenters. The highest BCUT2D eigenvalue weighted by Gasteiger charge is 2.09. The van der Waals surface area contributed by atoms with Gasteiger partial charge in [0.15, 0.2) is 5.65 Å². The van der Waals surface area contributed by atoms with Crippen LogP contribution in [-0.4, -0.2) is 19.7 Å². The van der Waals surface area contributed by atoms with Crippen LogP contribution in [0.3, 0.4) is 0 Å². The first kappa shape index (κ1) is 10.2. The zero-order valence-electron chi connectivity index (χ0n) is 9.28. The van der Waals surface area contributed by atoms with Crippen molar-refractivity contribution in [1.29, 1.82) is 5.26 Å². The van der Waals surface area contributed by atoms with Crippen LogP contribution >= 0.6 is 0 Å². The number of nitriles is 1. The Morgan fingerprint density at radius 2 is 2.17 bits per heavy atom. The van der Waals surface area contributed by atoms with E-state index in [4.69, 9.17) is 11.0 Å². The number of hydrogen-bond acceptors (Lipinski definition) is 5. The summed E-state index contributed by atoms with van der Waals surface area (Å²) in [6, 6.07) is 9.22. The third kappa shape index (κ3) is 1.46. The third-order valence-corrected chi connectivity index (χ3v) is 2.62. The van der Waals surface area contributed by atoms with E-state index in [2.05, 4.69) is 21.1 Å². The lowest BCUT2D eigenvalue weighted by Gasteiger charge is -2.02. The van der Waals surface area contributed by atoms with Gasteiger partial charge < -0.3 is 5.73 Å². The first-order valence-electron chi connectivity index (χ1n) is 5.24. The number of rotatable bonds is 1. The number of benzene rings is 1. The van der Waals surface area contributed by atoms with Gasteiger partial charge in [0.25, 0.3) is 0 Å². The smallest absolute Gasteiger partial charge is 0.168 e. The van der Waals surface area contributed by atoms with Gasteiger partial charge >= 0.3 is 0 Å². The van der Waals surface area contributed by atoms with E-state index >= 15 is 0 Å². The Kier molecular flexibility index (Phi) is 2.17. The fourth-order valence-electron chi connectivity index (χ4n) is 1.76. The topological polar surface area (TPSA) is 93.4 Å². The Bertz CT molecular complexity index is 768. The second kappa shape index (κ2) is 3.82. The highest BCUT2D eigenvalue weighted by atomic mass is 15.3. The Morgan fingerprint density at radius 3 is 3.00 bits per heavy atom. The minimum Gasteiger partial charge on any atom is -0.383 e. The maximum Gasteiger partial charge on any atom is 0.168 e. The van der Waals surface area contributed by atoms with Gasteiger partial charge in [-0.3, -0.25) is 0 Å². The van der Waals surface area contributed by atoms with Crippen LogP contribution in [-0.2, 0) is 0 Å². The molecule has 2 N–H and O–H groups in total. The molecule has 0 aliphatic heterocycles. The quantitative estimate of drug-likeness (QED) is 0.686. The fraction of sp³-hybridized carbons (Fsp3) is 0. The molecule has 0 aliphatic rings. The van der Waals surface area contributed by atoms with E-state index in [1.54, 1.807) is 29.1 Å². The molecule has 0 saturated carbocycles. The molecular formula is C12H8N6. The SMILES string of the molecule is N#Cc1cccc(-n2ncc3c(N)ncnc32)c1. The summed E-state index contributed by atoms with van der Waals surface area (Å²) in [5.41, 5.74) is 7.70. The van der Waals surface area contributed by atoms with Gasteiger partial charge in [0.05, 0.1) is 28.9 Å². The Labute approximate surface area is 102 Å². The molecule has 86 valence electrons. The van der Waals surface area contributed by atoms with Crippen molar-refractivity contribution in [3.63, 3.8) is 0 Å². The Hall–Kier alpha value is -2.94. The van der Waals surface area contributed by atoms with Gasteiger partial charge in [-0.25, -0.2) is 14.6 Å². The number of hydrogen-bond donors (Lipinski definition) is 1. The van der Waals surface area contributed by atoms with E-state index in [0.717, 1.165) is 5.69 Å². The Balaban J connectivity index is 2.26. The van der Waals surface area contributed by atoms with Gasteiger partial charge in [-0.15, -0.1) is 0 Å². The highest BCUT2D eigenvalue weighted by molar-refractivity contribution is 5.85. The second-order valence-corrected chi connectivity index (χ2v) is 3.71. The molecule has 2 aromatic heterocycles. The molecule has 3 rings (SSSR count).